The number of phenolic OH excluding ortho intramolecular Hbond substituents is 1. The first kappa shape index (κ1) is 23.7. The van der Waals surface area contributed by atoms with Gasteiger partial charge in [0.15, 0.2) is 5.82 Å². The van der Waals surface area contributed by atoms with E-state index in [1.54, 1.807) is 43.8 Å². The smallest absolute Gasteiger partial charge is 0.253 e. The molecular formula is C25H32N6O3. The zero-order valence-electron chi connectivity index (χ0n) is 19.9. The highest BCUT2D eigenvalue weighted by Crippen LogP contribution is 2.26. The number of pyridine rings is 1. The molecule has 1 aliphatic rings. The van der Waals surface area contributed by atoms with E-state index < -0.39 is 0 Å². The number of nitrogens with one attached hydrogen (secondary N) is 1. The molecule has 0 saturated carbocycles. The Labute approximate surface area is 199 Å². The maximum Gasteiger partial charge on any atom is 0.253 e. The molecule has 4 rings (SSSR count). The van der Waals surface area contributed by atoms with Crippen molar-refractivity contribution in [2.24, 2.45) is 5.92 Å². The number of amides is 1. The number of hydrogen-bond donors (Lipinski definition) is 2. The van der Waals surface area contributed by atoms with Crippen LogP contribution in [0.5, 0.6) is 11.5 Å². The minimum absolute atomic E-state index is 0.167. The van der Waals surface area contributed by atoms with Crippen LogP contribution < -0.4 is 10.1 Å². The van der Waals surface area contributed by atoms with Crippen LogP contribution in [0.15, 0.2) is 42.7 Å². The number of carbonyl (C=O) groups is 1. The quantitative estimate of drug-likeness (QED) is 0.528. The zero-order valence-corrected chi connectivity index (χ0v) is 19.9. The molecule has 0 saturated heterocycles. The van der Waals surface area contributed by atoms with Crippen LogP contribution in [-0.4, -0.2) is 55.9 Å². The largest absolute Gasteiger partial charge is 0.508 e. The number of fused-ring (bicyclic) bond motifs is 1. The topological polar surface area (TPSA) is 105 Å². The molecule has 1 amide bonds. The van der Waals surface area contributed by atoms with Gasteiger partial charge in [0.25, 0.3) is 5.91 Å². The summed E-state index contributed by atoms with van der Waals surface area (Å²) in [5.74, 6) is 2.89. The van der Waals surface area contributed by atoms with E-state index in [9.17, 15) is 9.90 Å². The van der Waals surface area contributed by atoms with Gasteiger partial charge in [-0.25, -0.2) is 0 Å². The third-order valence-electron chi connectivity index (χ3n) is 6.08. The first-order chi connectivity index (χ1) is 16.4. The summed E-state index contributed by atoms with van der Waals surface area (Å²) in [5, 5.41) is 22.4. The summed E-state index contributed by atoms with van der Waals surface area (Å²) >= 11 is 0. The van der Waals surface area contributed by atoms with E-state index in [4.69, 9.17) is 4.74 Å². The molecule has 9 heteroatoms. The molecular weight excluding hydrogens is 432 g/mol. The highest BCUT2D eigenvalue weighted by molar-refractivity contribution is 5.94. The second-order valence-corrected chi connectivity index (χ2v) is 9.04. The van der Waals surface area contributed by atoms with Crippen LogP contribution in [0.2, 0.25) is 0 Å². The second kappa shape index (κ2) is 10.6. The molecule has 1 atom stereocenters. The minimum Gasteiger partial charge on any atom is -0.508 e. The standard InChI is InChI=1S/C25H32N6O3/c1-17(2)13-21(27-25(33)18-5-4-9-26-15-18)24-29-28-23-8-10-30(11-12-31(23)24)16-19-14-20(34-3)6-7-22(19)32/h4-7,9,14-15,17,21,32H,8,10-13,16H2,1-3H3,(H,27,33)/t21-/m1/s1. The van der Waals surface area contributed by atoms with Crippen LogP contribution in [0.3, 0.4) is 0 Å². The molecule has 0 spiro atoms. The predicted octanol–water partition coefficient (Wildman–Crippen LogP) is 2.96. The van der Waals surface area contributed by atoms with Crippen molar-refractivity contribution < 1.29 is 14.6 Å². The fourth-order valence-electron chi connectivity index (χ4n) is 4.30. The summed E-state index contributed by atoms with van der Waals surface area (Å²) in [6, 6.07) is 8.56. The van der Waals surface area contributed by atoms with Crippen molar-refractivity contribution in [2.45, 2.75) is 45.8 Å². The van der Waals surface area contributed by atoms with Crippen LogP contribution in [0.1, 0.15) is 53.9 Å². The molecule has 2 aromatic heterocycles. The van der Waals surface area contributed by atoms with Crippen LogP contribution in [-0.2, 0) is 19.5 Å². The Balaban J connectivity index is 1.50. The van der Waals surface area contributed by atoms with Gasteiger partial charge in [0.1, 0.15) is 17.3 Å². The molecule has 34 heavy (non-hydrogen) atoms. The molecule has 2 N–H and O–H groups in total. The Morgan fingerprint density at radius 2 is 2.06 bits per heavy atom. The van der Waals surface area contributed by atoms with Crippen molar-refractivity contribution in [3.8, 4) is 11.5 Å². The van der Waals surface area contributed by atoms with Gasteiger partial charge < -0.3 is 19.7 Å². The van der Waals surface area contributed by atoms with Gasteiger partial charge in [-0.05, 0) is 42.7 Å². The number of rotatable bonds is 8. The third kappa shape index (κ3) is 5.53. The summed E-state index contributed by atoms with van der Waals surface area (Å²) in [7, 11) is 1.62. The Hall–Kier alpha value is -3.46. The van der Waals surface area contributed by atoms with E-state index in [0.717, 1.165) is 48.9 Å². The fourth-order valence-corrected chi connectivity index (χ4v) is 4.30. The minimum atomic E-state index is -0.247. The van der Waals surface area contributed by atoms with Crippen molar-refractivity contribution in [3.05, 3.63) is 65.5 Å². The van der Waals surface area contributed by atoms with Gasteiger partial charge >= 0.3 is 0 Å². The van der Waals surface area contributed by atoms with Gasteiger partial charge in [-0.2, -0.15) is 0 Å². The molecule has 0 fully saturated rings. The summed E-state index contributed by atoms with van der Waals surface area (Å²) in [6.07, 6.45) is 4.71. The first-order valence-corrected chi connectivity index (χ1v) is 11.7. The average molecular weight is 465 g/mol. The van der Waals surface area contributed by atoms with Gasteiger partial charge in [0.2, 0.25) is 0 Å². The molecule has 3 aromatic rings. The predicted molar refractivity (Wildman–Crippen MR) is 128 cm³/mol. The summed E-state index contributed by atoms with van der Waals surface area (Å²) in [5.41, 5.74) is 1.36. The van der Waals surface area contributed by atoms with Crippen molar-refractivity contribution in [3.63, 3.8) is 0 Å². The van der Waals surface area contributed by atoms with Crippen molar-refractivity contribution >= 4 is 5.91 Å². The fraction of sp³-hybridized carbons (Fsp3) is 0.440. The van der Waals surface area contributed by atoms with E-state index in [1.807, 2.05) is 6.07 Å². The number of aromatic hydroxyl groups is 1. The average Bonchev–Trinajstić information content (AvgIpc) is 3.14. The van der Waals surface area contributed by atoms with Crippen molar-refractivity contribution in [2.75, 3.05) is 20.2 Å². The van der Waals surface area contributed by atoms with Crippen molar-refractivity contribution in [1.82, 2.24) is 30.0 Å². The highest BCUT2D eigenvalue weighted by Gasteiger charge is 2.26. The Morgan fingerprint density at radius 3 is 2.79 bits per heavy atom. The lowest BCUT2D eigenvalue weighted by atomic mass is 10.0. The van der Waals surface area contributed by atoms with Gasteiger partial charge in [0, 0.05) is 50.6 Å². The number of ether oxygens (including phenoxy) is 1. The lowest BCUT2D eigenvalue weighted by Gasteiger charge is -2.22. The Kier molecular flexibility index (Phi) is 7.42. The number of aromatic nitrogens is 4. The lowest BCUT2D eigenvalue weighted by Crippen LogP contribution is -2.32. The van der Waals surface area contributed by atoms with Crippen LogP contribution in [0.4, 0.5) is 0 Å². The second-order valence-electron chi connectivity index (χ2n) is 9.04. The molecule has 0 unspecified atom stereocenters. The van der Waals surface area contributed by atoms with Gasteiger partial charge in [-0.3, -0.25) is 14.7 Å². The van der Waals surface area contributed by atoms with Crippen LogP contribution in [0, 0.1) is 5.92 Å². The number of methoxy groups -OCH3 is 1. The lowest BCUT2D eigenvalue weighted by molar-refractivity contribution is 0.0928. The highest BCUT2D eigenvalue weighted by atomic mass is 16.5. The zero-order chi connectivity index (χ0) is 24.1. The number of benzene rings is 1. The van der Waals surface area contributed by atoms with Crippen LogP contribution >= 0.6 is 0 Å². The first-order valence-electron chi connectivity index (χ1n) is 11.7. The monoisotopic (exact) mass is 464 g/mol. The van der Waals surface area contributed by atoms with E-state index in [0.29, 0.717) is 24.6 Å². The Morgan fingerprint density at radius 1 is 1.21 bits per heavy atom. The van der Waals surface area contributed by atoms with E-state index in [-0.39, 0.29) is 17.7 Å². The summed E-state index contributed by atoms with van der Waals surface area (Å²) in [6.45, 7) is 7.16. The van der Waals surface area contributed by atoms with E-state index in [2.05, 4.69) is 43.8 Å². The number of phenols is 1. The van der Waals surface area contributed by atoms with Gasteiger partial charge in [0.05, 0.1) is 18.7 Å². The number of carbonyl (C=O) groups excluding carboxylic acids is 1. The maximum atomic E-state index is 12.9. The summed E-state index contributed by atoms with van der Waals surface area (Å²) in [4.78, 5) is 19.2. The molecule has 9 nitrogen and oxygen atoms in total. The molecule has 0 aliphatic carbocycles. The number of hydrogen-bond acceptors (Lipinski definition) is 7. The van der Waals surface area contributed by atoms with Crippen molar-refractivity contribution in [1.29, 1.82) is 0 Å². The van der Waals surface area contributed by atoms with Gasteiger partial charge in [-0.15, -0.1) is 10.2 Å². The van der Waals surface area contributed by atoms with E-state index in [1.165, 1.54) is 0 Å². The SMILES string of the molecule is COc1ccc(O)c(CN2CCc3nnc([C@@H](CC(C)C)NC(=O)c4cccnc4)n3CC2)c1. The van der Waals surface area contributed by atoms with Gasteiger partial charge in [-0.1, -0.05) is 13.8 Å². The normalized spacial score (nSPS) is 14.9. The molecule has 3 heterocycles. The van der Waals surface area contributed by atoms with E-state index >= 15 is 0 Å². The summed E-state index contributed by atoms with van der Waals surface area (Å²) < 4.78 is 7.45. The molecule has 0 bridgehead atoms. The molecule has 0 radical (unpaired) electrons. The third-order valence-corrected chi connectivity index (χ3v) is 6.08. The molecule has 1 aliphatic heterocycles. The molecule has 180 valence electrons. The number of nitrogens with zero attached hydrogens (tertiary/aromatic N) is 5. The Bertz CT molecular complexity index is 1120. The maximum absolute atomic E-state index is 12.9. The molecule has 1 aromatic carbocycles. The van der Waals surface area contributed by atoms with Crippen LogP contribution in [0.25, 0.3) is 0 Å².